The number of nitro benzene ring substituents is 1. The number of hydrogen-bond acceptors (Lipinski definition) is 5. The number of nitrogens with zero attached hydrogens (tertiary/aromatic N) is 2. The Morgan fingerprint density at radius 2 is 2.33 bits per heavy atom. The van der Waals surface area contributed by atoms with Crippen molar-refractivity contribution in [3.8, 4) is 5.75 Å². The lowest BCUT2D eigenvalue weighted by Gasteiger charge is -2.04. The number of ether oxygens (including phenoxy) is 1. The summed E-state index contributed by atoms with van der Waals surface area (Å²) in [5, 5.41) is 10.7. The van der Waals surface area contributed by atoms with E-state index >= 15 is 0 Å². The highest BCUT2D eigenvalue weighted by Crippen LogP contribution is 2.29. The summed E-state index contributed by atoms with van der Waals surface area (Å²) >= 11 is 6.82. The van der Waals surface area contributed by atoms with Gasteiger partial charge in [-0.15, -0.1) is 11.3 Å². The maximum Gasteiger partial charge on any atom is 0.311 e. The molecule has 0 aliphatic heterocycles. The van der Waals surface area contributed by atoms with Gasteiger partial charge in [-0.3, -0.25) is 10.1 Å². The molecule has 0 amide bonds. The predicted molar refractivity (Wildman–Crippen MR) is 64.5 cm³/mol. The standard InChI is InChI=1S/C10H6ClFN2O3S/c11-10-13-4-7(18-10)5-17-9-3-6(12)1-2-8(9)14(15)16/h1-4H,5H2. The van der Waals surface area contributed by atoms with Crippen LogP contribution in [-0.2, 0) is 6.61 Å². The van der Waals surface area contributed by atoms with Gasteiger partial charge in [-0.05, 0) is 6.07 Å². The number of hydrogen-bond donors (Lipinski definition) is 0. The van der Waals surface area contributed by atoms with E-state index in [1.807, 2.05) is 0 Å². The summed E-state index contributed by atoms with van der Waals surface area (Å²) < 4.78 is 18.6. The van der Waals surface area contributed by atoms with E-state index in [2.05, 4.69) is 4.98 Å². The molecule has 0 aliphatic rings. The highest BCUT2D eigenvalue weighted by atomic mass is 35.5. The maximum absolute atomic E-state index is 13.0. The molecule has 0 spiro atoms. The number of aromatic nitrogens is 1. The summed E-state index contributed by atoms with van der Waals surface area (Å²) in [5.74, 6) is -0.720. The van der Waals surface area contributed by atoms with Crippen molar-refractivity contribution < 1.29 is 14.1 Å². The first-order valence-corrected chi connectivity index (χ1v) is 5.92. The average molecular weight is 289 g/mol. The molecule has 0 aliphatic carbocycles. The summed E-state index contributed by atoms with van der Waals surface area (Å²) in [6, 6.07) is 3.04. The summed E-state index contributed by atoms with van der Waals surface area (Å²) in [6.45, 7) is 0.0503. The third-order valence-electron chi connectivity index (χ3n) is 2.01. The first-order chi connectivity index (χ1) is 8.56. The highest BCUT2D eigenvalue weighted by molar-refractivity contribution is 7.15. The van der Waals surface area contributed by atoms with Crippen LogP contribution in [0.5, 0.6) is 5.75 Å². The SMILES string of the molecule is O=[N+]([O-])c1ccc(F)cc1OCc1cnc(Cl)s1. The molecule has 0 bridgehead atoms. The molecule has 8 heteroatoms. The van der Waals surface area contributed by atoms with Gasteiger partial charge >= 0.3 is 5.69 Å². The Morgan fingerprint density at radius 1 is 1.56 bits per heavy atom. The van der Waals surface area contributed by atoms with Gasteiger partial charge in [0.05, 0.1) is 9.80 Å². The molecule has 0 saturated heterocycles. The van der Waals surface area contributed by atoms with Crippen LogP contribution in [0.2, 0.25) is 4.47 Å². The summed E-state index contributed by atoms with van der Waals surface area (Å²) in [7, 11) is 0. The van der Waals surface area contributed by atoms with Crippen molar-refractivity contribution in [2.45, 2.75) is 6.61 Å². The minimum atomic E-state index is -0.631. The number of rotatable bonds is 4. The van der Waals surface area contributed by atoms with Gasteiger partial charge in [-0.1, -0.05) is 11.6 Å². The van der Waals surface area contributed by atoms with Gasteiger partial charge in [-0.2, -0.15) is 0 Å². The fraction of sp³-hybridized carbons (Fsp3) is 0.100. The van der Waals surface area contributed by atoms with Gasteiger partial charge in [0.2, 0.25) is 0 Å². The summed E-state index contributed by atoms with van der Waals surface area (Å²) in [4.78, 5) is 14.6. The molecular weight excluding hydrogens is 283 g/mol. The molecule has 0 N–H and O–H groups in total. The second-order valence-corrected chi connectivity index (χ2v) is 4.93. The molecule has 0 saturated carbocycles. The van der Waals surface area contributed by atoms with Crippen molar-refractivity contribution in [3.63, 3.8) is 0 Å². The molecule has 1 heterocycles. The summed E-state index contributed by atoms with van der Waals surface area (Å²) in [6.07, 6.45) is 1.50. The Hall–Kier alpha value is -1.73. The average Bonchev–Trinajstić information content (AvgIpc) is 2.72. The second kappa shape index (κ2) is 5.28. The molecule has 18 heavy (non-hydrogen) atoms. The first kappa shape index (κ1) is 12.7. The van der Waals surface area contributed by atoms with E-state index in [0.717, 1.165) is 18.2 Å². The van der Waals surface area contributed by atoms with E-state index in [4.69, 9.17) is 16.3 Å². The van der Waals surface area contributed by atoms with Gasteiger partial charge in [0.1, 0.15) is 12.4 Å². The largest absolute Gasteiger partial charge is 0.481 e. The minimum Gasteiger partial charge on any atom is -0.481 e. The van der Waals surface area contributed by atoms with Gasteiger partial charge in [0.15, 0.2) is 10.2 Å². The molecule has 0 fully saturated rings. The minimum absolute atomic E-state index is 0.0503. The van der Waals surface area contributed by atoms with Crippen LogP contribution in [0.4, 0.5) is 10.1 Å². The Balaban J connectivity index is 2.17. The molecule has 94 valence electrons. The van der Waals surface area contributed by atoms with Crippen LogP contribution in [0.25, 0.3) is 0 Å². The molecule has 0 unspecified atom stereocenters. The van der Waals surface area contributed by atoms with Crippen molar-refractivity contribution in [2.75, 3.05) is 0 Å². The molecule has 1 aromatic heterocycles. The second-order valence-electron chi connectivity index (χ2n) is 3.24. The molecule has 1 aromatic carbocycles. The lowest BCUT2D eigenvalue weighted by atomic mass is 10.3. The van der Waals surface area contributed by atoms with Crippen molar-refractivity contribution in [1.29, 1.82) is 0 Å². The van der Waals surface area contributed by atoms with Gasteiger partial charge in [-0.25, -0.2) is 9.37 Å². The van der Waals surface area contributed by atoms with Crippen LogP contribution in [-0.4, -0.2) is 9.91 Å². The molecule has 0 atom stereocenters. The van der Waals surface area contributed by atoms with E-state index in [9.17, 15) is 14.5 Å². The number of halogens is 2. The highest BCUT2D eigenvalue weighted by Gasteiger charge is 2.16. The van der Waals surface area contributed by atoms with Gasteiger partial charge < -0.3 is 4.74 Å². The Labute approximate surface area is 110 Å². The van der Waals surface area contributed by atoms with Crippen LogP contribution in [0, 0.1) is 15.9 Å². The van der Waals surface area contributed by atoms with E-state index < -0.39 is 10.7 Å². The fourth-order valence-corrected chi connectivity index (χ4v) is 2.14. The smallest absolute Gasteiger partial charge is 0.311 e. The van der Waals surface area contributed by atoms with Crippen molar-refractivity contribution in [2.24, 2.45) is 0 Å². The van der Waals surface area contributed by atoms with E-state index in [1.54, 1.807) is 0 Å². The van der Waals surface area contributed by atoms with E-state index in [-0.39, 0.29) is 18.0 Å². The number of nitro groups is 1. The lowest BCUT2D eigenvalue weighted by molar-refractivity contribution is -0.386. The number of benzene rings is 1. The first-order valence-electron chi connectivity index (χ1n) is 4.73. The zero-order valence-electron chi connectivity index (χ0n) is 8.80. The van der Waals surface area contributed by atoms with Crippen molar-refractivity contribution in [3.05, 3.63) is 49.7 Å². The van der Waals surface area contributed by atoms with Crippen molar-refractivity contribution >= 4 is 28.6 Å². The van der Waals surface area contributed by atoms with Gasteiger partial charge in [0.25, 0.3) is 0 Å². The topological polar surface area (TPSA) is 65.3 Å². The maximum atomic E-state index is 13.0. The van der Waals surface area contributed by atoms with Gasteiger partial charge in [0, 0.05) is 18.3 Å². The number of thiazole rings is 1. The third kappa shape index (κ3) is 2.93. The van der Waals surface area contributed by atoms with Crippen LogP contribution in [0.1, 0.15) is 4.88 Å². The Bertz CT molecular complexity index is 590. The molecule has 5 nitrogen and oxygen atoms in total. The molecular formula is C10H6ClFN2O3S. The normalized spacial score (nSPS) is 10.3. The third-order valence-corrected chi connectivity index (χ3v) is 3.10. The van der Waals surface area contributed by atoms with Crippen LogP contribution < -0.4 is 4.74 Å². The molecule has 2 aromatic rings. The van der Waals surface area contributed by atoms with Crippen LogP contribution >= 0.6 is 22.9 Å². The zero-order chi connectivity index (χ0) is 13.1. The Kier molecular flexibility index (Phi) is 3.73. The molecule has 2 rings (SSSR count). The zero-order valence-corrected chi connectivity index (χ0v) is 10.4. The summed E-state index contributed by atoms with van der Waals surface area (Å²) in [5.41, 5.74) is -0.285. The predicted octanol–water partition coefficient (Wildman–Crippen LogP) is 3.42. The fourth-order valence-electron chi connectivity index (χ4n) is 1.25. The quantitative estimate of drug-likeness (QED) is 0.638. The lowest BCUT2D eigenvalue weighted by Crippen LogP contribution is -1.98. The van der Waals surface area contributed by atoms with E-state index in [1.165, 1.54) is 17.5 Å². The monoisotopic (exact) mass is 288 g/mol. The van der Waals surface area contributed by atoms with E-state index in [0.29, 0.717) is 9.34 Å². The Morgan fingerprint density at radius 3 is 2.94 bits per heavy atom. The van der Waals surface area contributed by atoms with Crippen molar-refractivity contribution in [1.82, 2.24) is 4.98 Å². The molecule has 0 radical (unpaired) electrons. The van der Waals surface area contributed by atoms with Crippen LogP contribution in [0.3, 0.4) is 0 Å². The van der Waals surface area contributed by atoms with Crippen LogP contribution in [0.15, 0.2) is 24.4 Å².